The van der Waals surface area contributed by atoms with Gasteiger partial charge in [0.1, 0.15) is 0 Å². The highest BCUT2D eigenvalue weighted by atomic mass is 35.5. The molecule has 1 N–H and O–H groups in total. The fourth-order valence-electron chi connectivity index (χ4n) is 3.81. The maximum absolute atomic E-state index is 13.6. The predicted molar refractivity (Wildman–Crippen MR) is 121 cm³/mol. The number of carboxylic acids is 1. The normalized spacial score (nSPS) is 15.7. The van der Waals surface area contributed by atoms with Gasteiger partial charge in [-0.05, 0) is 59.7 Å². The molecule has 4 rings (SSSR count). The van der Waals surface area contributed by atoms with Crippen LogP contribution in [0, 0.1) is 6.92 Å². The molecule has 3 aromatic rings. The van der Waals surface area contributed by atoms with E-state index in [0.717, 1.165) is 16.0 Å². The summed E-state index contributed by atoms with van der Waals surface area (Å²) in [5, 5.41) is 12.5. The fourth-order valence-corrected chi connectivity index (χ4v) is 5.40. The molecule has 1 aromatic heterocycles. The van der Waals surface area contributed by atoms with Gasteiger partial charge in [0, 0.05) is 16.4 Å². The number of thiophene rings is 1. The van der Waals surface area contributed by atoms with E-state index in [4.69, 9.17) is 34.8 Å². The molecular formula is C22H16Cl3NO3S. The molecular weight excluding hydrogens is 465 g/mol. The minimum Gasteiger partial charge on any atom is -0.478 e. The smallest absolute Gasteiger partial charge is 0.336 e. The van der Waals surface area contributed by atoms with Crippen LogP contribution < -0.4 is 0 Å². The van der Waals surface area contributed by atoms with Gasteiger partial charge in [-0.3, -0.25) is 4.79 Å². The van der Waals surface area contributed by atoms with Crippen LogP contribution in [0.4, 0.5) is 0 Å². The van der Waals surface area contributed by atoms with E-state index in [9.17, 15) is 14.7 Å². The Morgan fingerprint density at radius 3 is 2.47 bits per heavy atom. The summed E-state index contributed by atoms with van der Waals surface area (Å²) in [7, 11) is 0. The van der Waals surface area contributed by atoms with Crippen LogP contribution in [0.2, 0.25) is 15.1 Å². The summed E-state index contributed by atoms with van der Waals surface area (Å²) in [5.74, 6) is -1.64. The lowest BCUT2D eigenvalue weighted by atomic mass is 9.91. The van der Waals surface area contributed by atoms with E-state index in [1.54, 1.807) is 16.2 Å². The molecule has 0 fully saturated rings. The molecule has 0 aliphatic carbocycles. The number of hydrogen-bond acceptors (Lipinski definition) is 3. The number of amides is 1. The Morgan fingerprint density at radius 1 is 1.07 bits per heavy atom. The summed E-state index contributed by atoms with van der Waals surface area (Å²) in [6.07, 6.45) is 0.685. The first-order valence-electron chi connectivity index (χ1n) is 9.14. The summed E-state index contributed by atoms with van der Waals surface area (Å²) in [6.45, 7) is 2.36. The zero-order valence-corrected chi connectivity index (χ0v) is 18.9. The van der Waals surface area contributed by atoms with E-state index in [1.807, 2.05) is 30.5 Å². The molecule has 0 spiro atoms. The molecule has 2 aromatic carbocycles. The Morgan fingerprint density at radius 2 is 1.77 bits per heavy atom. The average molecular weight is 481 g/mol. The lowest BCUT2D eigenvalue weighted by Gasteiger charge is -2.37. The summed E-state index contributed by atoms with van der Waals surface area (Å²) in [4.78, 5) is 28.2. The Balaban J connectivity index is 1.88. The number of benzene rings is 2. The van der Waals surface area contributed by atoms with Crippen LogP contribution in [0.25, 0.3) is 0 Å². The van der Waals surface area contributed by atoms with Gasteiger partial charge >= 0.3 is 5.97 Å². The van der Waals surface area contributed by atoms with Gasteiger partial charge in [-0.1, -0.05) is 46.9 Å². The molecule has 1 unspecified atom stereocenters. The lowest BCUT2D eigenvalue weighted by Crippen LogP contribution is -2.40. The van der Waals surface area contributed by atoms with Crippen molar-refractivity contribution in [1.29, 1.82) is 0 Å². The van der Waals surface area contributed by atoms with Gasteiger partial charge < -0.3 is 10.0 Å². The molecule has 2 heterocycles. The number of carbonyl (C=O) groups excluding carboxylic acids is 1. The van der Waals surface area contributed by atoms with Crippen molar-refractivity contribution in [2.75, 3.05) is 6.54 Å². The molecule has 30 heavy (non-hydrogen) atoms. The van der Waals surface area contributed by atoms with Crippen molar-refractivity contribution in [3.63, 3.8) is 0 Å². The quantitative estimate of drug-likeness (QED) is 0.465. The molecule has 8 heteroatoms. The Kier molecular flexibility index (Phi) is 5.82. The number of hydrogen-bond donors (Lipinski definition) is 1. The molecule has 4 nitrogen and oxygen atoms in total. The maximum atomic E-state index is 13.6. The molecule has 0 saturated heterocycles. The highest BCUT2D eigenvalue weighted by molar-refractivity contribution is 7.10. The van der Waals surface area contributed by atoms with Crippen LogP contribution in [0.1, 0.15) is 48.3 Å². The second kappa shape index (κ2) is 8.23. The Hall–Kier alpha value is -2.05. The number of nitrogens with zero attached hydrogens (tertiary/aromatic N) is 1. The zero-order chi connectivity index (χ0) is 21.6. The molecule has 0 bridgehead atoms. The molecule has 1 aliphatic rings. The molecule has 0 saturated carbocycles. The topological polar surface area (TPSA) is 57.6 Å². The van der Waals surface area contributed by atoms with Crippen LogP contribution in [0.5, 0.6) is 0 Å². The number of halogens is 3. The van der Waals surface area contributed by atoms with Crippen LogP contribution in [-0.2, 0) is 6.42 Å². The number of carbonyl (C=O) groups is 2. The van der Waals surface area contributed by atoms with Gasteiger partial charge in [0.2, 0.25) is 0 Å². The minimum atomic E-state index is -1.23. The second-order valence-electron chi connectivity index (χ2n) is 7.03. The Labute approximate surface area is 192 Å². The van der Waals surface area contributed by atoms with Crippen LogP contribution in [0.3, 0.4) is 0 Å². The number of rotatable bonds is 3. The maximum Gasteiger partial charge on any atom is 0.336 e. The minimum absolute atomic E-state index is 0.0154. The van der Waals surface area contributed by atoms with Crippen LogP contribution >= 0.6 is 46.1 Å². The fraction of sp³-hybridized carbons (Fsp3) is 0.182. The third-order valence-electron chi connectivity index (χ3n) is 5.35. The molecule has 1 amide bonds. The first-order chi connectivity index (χ1) is 14.3. The molecule has 0 radical (unpaired) electrons. The van der Waals surface area contributed by atoms with E-state index < -0.39 is 11.9 Å². The van der Waals surface area contributed by atoms with Crippen LogP contribution in [0.15, 0.2) is 41.8 Å². The predicted octanol–water partition coefficient (Wildman–Crippen LogP) is 6.50. The van der Waals surface area contributed by atoms with Crippen molar-refractivity contribution in [1.82, 2.24) is 4.90 Å². The number of fused-ring (bicyclic) bond motifs is 1. The highest BCUT2D eigenvalue weighted by Crippen LogP contribution is 2.42. The van der Waals surface area contributed by atoms with E-state index in [1.165, 1.54) is 17.7 Å². The lowest BCUT2D eigenvalue weighted by molar-refractivity contribution is 0.0654. The van der Waals surface area contributed by atoms with Gasteiger partial charge in [0.05, 0.1) is 27.2 Å². The summed E-state index contributed by atoms with van der Waals surface area (Å²) < 4.78 is 0. The molecule has 1 atom stereocenters. The van der Waals surface area contributed by atoms with Crippen molar-refractivity contribution in [3.05, 3.63) is 89.5 Å². The van der Waals surface area contributed by atoms with Gasteiger partial charge in [-0.25, -0.2) is 4.79 Å². The summed E-state index contributed by atoms with van der Waals surface area (Å²) in [5.41, 5.74) is 2.82. The van der Waals surface area contributed by atoms with Crippen LogP contribution in [-0.4, -0.2) is 28.4 Å². The van der Waals surface area contributed by atoms with Gasteiger partial charge in [-0.2, -0.15) is 0 Å². The highest BCUT2D eigenvalue weighted by Gasteiger charge is 2.36. The number of carboxylic acid groups (broad SMARTS) is 1. The van der Waals surface area contributed by atoms with Gasteiger partial charge in [0.25, 0.3) is 5.91 Å². The van der Waals surface area contributed by atoms with E-state index in [-0.39, 0.29) is 27.2 Å². The van der Waals surface area contributed by atoms with E-state index in [2.05, 4.69) is 6.07 Å². The van der Waals surface area contributed by atoms with Crippen molar-refractivity contribution in [3.8, 4) is 0 Å². The monoisotopic (exact) mass is 479 g/mol. The zero-order valence-electron chi connectivity index (χ0n) is 15.8. The van der Waals surface area contributed by atoms with Crippen molar-refractivity contribution in [2.24, 2.45) is 0 Å². The summed E-state index contributed by atoms with van der Waals surface area (Å²) in [6, 6.07) is 9.88. The second-order valence-corrected chi connectivity index (χ2v) is 9.20. The molecule has 154 valence electrons. The van der Waals surface area contributed by atoms with Crippen molar-refractivity contribution in [2.45, 2.75) is 19.4 Å². The largest absolute Gasteiger partial charge is 0.478 e. The van der Waals surface area contributed by atoms with Gasteiger partial charge in [-0.15, -0.1) is 11.3 Å². The first-order valence-corrected chi connectivity index (χ1v) is 11.2. The van der Waals surface area contributed by atoms with Crippen molar-refractivity contribution >= 4 is 58.0 Å². The number of aromatic carboxylic acids is 1. The summed E-state index contributed by atoms with van der Waals surface area (Å²) >= 11 is 20.1. The third-order valence-corrected chi connectivity index (χ3v) is 7.49. The standard InChI is InChI=1S/C22H16Cl3NO3S/c1-11-13(3-2-4-16(11)23)19-20-12(6-8-30-20)5-7-26(19)21(27)14-9-17(24)18(25)10-15(14)22(28)29/h2-4,6,8-10,19H,5,7H2,1H3,(H,28,29). The van der Waals surface area contributed by atoms with E-state index >= 15 is 0 Å². The van der Waals surface area contributed by atoms with E-state index in [0.29, 0.717) is 18.0 Å². The average Bonchev–Trinajstić information content (AvgIpc) is 3.19. The third kappa shape index (κ3) is 3.60. The van der Waals surface area contributed by atoms with Gasteiger partial charge in [0.15, 0.2) is 0 Å². The SMILES string of the molecule is Cc1c(Cl)cccc1C1c2sccc2CCN1C(=O)c1cc(Cl)c(Cl)cc1C(=O)O. The Bertz CT molecular complexity index is 1170. The molecule has 1 aliphatic heterocycles. The first kappa shape index (κ1) is 21.2. The van der Waals surface area contributed by atoms with Crippen molar-refractivity contribution < 1.29 is 14.7 Å².